The third-order valence-corrected chi connectivity index (χ3v) is 5.03. The molecule has 2 aromatic heterocycles. The van der Waals surface area contributed by atoms with Crippen molar-refractivity contribution < 1.29 is 4.79 Å². The molecule has 0 atom stereocenters. The van der Waals surface area contributed by atoms with E-state index in [1.165, 1.54) is 0 Å². The maximum absolute atomic E-state index is 12.5. The van der Waals surface area contributed by atoms with Gasteiger partial charge in [0.2, 0.25) is 0 Å². The SMILES string of the molecule is CN(C)C1CN(C(=O)c2ccc(-c3c[nH]c4ncc(Cl)cc34)cc2)C1. The fraction of sp³-hybridized carbons (Fsp3) is 0.263. The first-order valence-electron chi connectivity index (χ1n) is 8.21. The Bertz CT molecular complexity index is 926. The predicted octanol–water partition coefficient (Wildman–Crippen LogP) is 3.27. The van der Waals surface area contributed by atoms with E-state index in [2.05, 4.69) is 14.9 Å². The summed E-state index contributed by atoms with van der Waals surface area (Å²) in [6.45, 7) is 1.58. The van der Waals surface area contributed by atoms with Gasteiger partial charge in [-0.3, -0.25) is 4.79 Å². The number of likely N-dealkylation sites (N-methyl/N-ethyl adjacent to an activating group) is 1. The Morgan fingerprint density at radius 1 is 1.28 bits per heavy atom. The highest BCUT2D eigenvalue weighted by molar-refractivity contribution is 6.31. The van der Waals surface area contributed by atoms with E-state index in [4.69, 9.17) is 11.6 Å². The van der Waals surface area contributed by atoms with Crippen molar-refractivity contribution in [1.29, 1.82) is 0 Å². The van der Waals surface area contributed by atoms with Crippen LogP contribution in [0.5, 0.6) is 0 Å². The molecule has 0 radical (unpaired) electrons. The topological polar surface area (TPSA) is 52.2 Å². The van der Waals surface area contributed by atoms with E-state index in [1.807, 2.05) is 55.5 Å². The van der Waals surface area contributed by atoms with Crippen LogP contribution in [-0.2, 0) is 0 Å². The first kappa shape index (κ1) is 16.1. The fourth-order valence-electron chi connectivity index (χ4n) is 3.14. The molecule has 5 nitrogen and oxygen atoms in total. The minimum absolute atomic E-state index is 0.0910. The summed E-state index contributed by atoms with van der Waals surface area (Å²) in [5.74, 6) is 0.0910. The largest absolute Gasteiger partial charge is 0.346 e. The highest BCUT2D eigenvalue weighted by atomic mass is 35.5. The smallest absolute Gasteiger partial charge is 0.253 e. The van der Waals surface area contributed by atoms with Gasteiger partial charge in [-0.1, -0.05) is 23.7 Å². The van der Waals surface area contributed by atoms with E-state index < -0.39 is 0 Å². The lowest BCUT2D eigenvalue weighted by Gasteiger charge is -2.42. The van der Waals surface area contributed by atoms with E-state index >= 15 is 0 Å². The molecular formula is C19H19ClN4O. The number of likely N-dealkylation sites (tertiary alicyclic amines) is 1. The molecule has 3 heterocycles. The van der Waals surface area contributed by atoms with Crippen LogP contribution < -0.4 is 0 Å². The zero-order chi connectivity index (χ0) is 17.6. The highest BCUT2D eigenvalue weighted by Crippen LogP contribution is 2.29. The van der Waals surface area contributed by atoms with Gasteiger partial charge in [-0.15, -0.1) is 0 Å². The van der Waals surface area contributed by atoms with E-state index in [-0.39, 0.29) is 5.91 Å². The number of nitrogens with one attached hydrogen (secondary N) is 1. The van der Waals surface area contributed by atoms with E-state index in [9.17, 15) is 4.79 Å². The summed E-state index contributed by atoms with van der Waals surface area (Å²) in [5.41, 5.74) is 3.58. The van der Waals surface area contributed by atoms with Crippen molar-refractivity contribution >= 4 is 28.5 Å². The number of nitrogens with zero attached hydrogens (tertiary/aromatic N) is 3. The summed E-state index contributed by atoms with van der Waals surface area (Å²) in [6, 6.07) is 10.1. The Morgan fingerprint density at radius 3 is 2.68 bits per heavy atom. The van der Waals surface area contributed by atoms with Crippen LogP contribution in [0, 0.1) is 0 Å². The van der Waals surface area contributed by atoms with Gasteiger partial charge in [0.1, 0.15) is 5.65 Å². The van der Waals surface area contributed by atoms with Crippen LogP contribution in [-0.4, -0.2) is 58.9 Å². The Morgan fingerprint density at radius 2 is 2.00 bits per heavy atom. The molecule has 6 heteroatoms. The molecule has 0 aliphatic carbocycles. The van der Waals surface area contributed by atoms with Crippen molar-refractivity contribution in [2.45, 2.75) is 6.04 Å². The number of benzene rings is 1. The zero-order valence-corrected chi connectivity index (χ0v) is 14.9. The second-order valence-corrected chi connectivity index (χ2v) is 7.09. The first-order chi connectivity index (χ1) is 12.0. The second kappa shape index (κ2) is 6.17. The summed E-state index contributed by atoms with van der Waals surface area (Å²) in [7, 11) is 4.09. The monoisotopic (exact) mass is 354 g/mol. The summed E-state index contributed by atoms with van der Waals surface area (Å²) in [4.78, 5) is 24.0. The molecule has 1 aliphatic heterocycles. The molecule has 0 saturated carbocycles. The minimum atomic E-state index is 0.0910. The average Bonchev–Trinajstić information content (AvgIpc) is 2.96. The van der Waals surface area contributed by atoms with Crippen molar-refractivity contribution in [2.75, 3.05) is 27.2 Å². The summed E-state index contributed by atoms with van der Waals surface area (Å²) >= 11 is 6.06. The van der Waals surface area contributed by atoms with Crippen LogP contribution in [0.1, 0.15) is 10.4 Å². The number of aromatic amines is 1. The molecule has 0 spiro atoms. The normalized spacial score (nSPS) is 15.0. The Labute approximate surface area is 151 Å². The molecule has 3 aromatic rings. The number of pyridine rings is 1. The molecule has 1 saturated heterocycles. The van der Waals surface area contributed by atoms with Gasteiger partial charge >= 0.3 is 0 Å². The summed E-state index contributed by atoms with van der Waals surface area (Å²) < 4.78 is 0. The van der Waals surface area contributed by atoms with Gasteiger partial charge in [-0.2, -0.15) is 0 Å². The highest BCUT2D eigenvalue weighted by Gasteiger charge is 2.32. The molecular weight excluding hydrogens is 336 g/mol. The lowest BCUT2D eigenvalue weighted by Crippen LogP contribution is -2.59. The molecule has 1 aliphatic rings. The summed E-state index contributed by atoms with van der Waals surface area (Å²) in [6.07, 6.45) is 3.54. The van der Waals surface area contributed by atoms with Crippen LogP contribution in [0.2, 0.25) is 5.02 Å². The van der Waals surface area contributed by atoms with Gasteiger partial charge in [0.05, 0.1) is 5.02 Å². The lowest BCUT2D eigenvalue weighted by molar-refractivity contribution is 0.0399. The van der Waals surface area contributed by atoms with Gasteiger partial charge in [-0.05, 0) is 37.9 Å². The van der Waals surface area contributed by atoms with Crippen molar-refractivity contribution in [2.24, 2.45) is 0 Å². The number of fused-ring (bicyclic) bond motifs is 1. The zero-order valence-electron chi connectivity index (χ0n) is 14.2. The van der Waals surface area contributed by atoms with E-state index in [0.29, 0.717) is 11.1 Å². The maximum Gasteiger partial charge on any atom is 0.253 e. The number of H-pyrrole nitrogens is 1. The van der Waals surface area contributed by atoms with Gasteiger partial charge in [0.15, 0.2) is 0 Å². The van der Waals surface area contributed by atoms with Crippen LogP contribution in [0.4, 0.5) is 0 Å². The summed E-state index contributed by atoms with van der Waals surface area (Å²) in [5, 5.41) is 1.58. The molecule has 1 N–H and O–H groups in total. The van der Waals surface area contributed by atoms with Gasteiger partial charge in [0.25, 0.3) is 5.91 Å². The van der Waals surface area contributed by atoms with Crippen LogP contribution in [0.25, 0.3) is 22.2 Å². The molecule has 128 valence electrons. The van der Waals surface area contributed by atoms with Gasteiger partial charge in [0, 0.05) is 48.0 Å². The molecule has 0 bridgehead atoms. The lowest BCUT2D eigenvalue weighted by atomic mass is 10.0. The molecule has 0 unspecified atom stereocenters. The number of aromatic nitrogens is 2. The Balaban J connectivity index is 1.56. The number of amides is 1. The van der Waals surface area contributed by atoms with Crippen molar-refractivity contribution in [3.05, 3.63) is 53.3 Å². The first-order valence-corrected chi connectivity index (χ1v) is 8.59. The average molecular weight is 355 g/mol. The third-order valence-electron chi connectivity index (χ3n) is 4.82. The molecule has 25 heavy (non-hydrogen) atoms. The Hall–Kier alpha value is -2.37. The molecule has 4 rings (SSSR count). The van der Waals surface area contributed by atoms with Crippen molar-refractivity contribution in [3.63, 3.8) is 0 Å². The quantitative estimate of drug-likeness (QED) is 0.785. The second-order valence-electron chi connectivity index (χ2n) is 6.66. The van der Waals surface area contributed by atoms with Crippen LogP contribution >= 0.6 is 11.6 Å². The number of rotatable bonds is 3. The van der Waals surface area contributed by atoms with E-state index in [1.54, 1.807) is 6.20 Å². The molecule has 1 aromatic carbocycles. The van der Waals surface area contributed by atoms with Gasteiger partial charge < -0.3 is 14.8 Å². The standard InChI is InChI=1S/C19H19ClN4O/c1-23(2)15-10-24(11-15)19(25)13-5-3-12(4-6-13)17-9-22-18-16(17)7-14(20)8-21-18/h3-9,15H,10-11H2,1-2H3,(H,21,22). The van der Waals surface area contributed by atoms with E-state index in [0.717, 1.165) is 40.8 Å². The number of halogens is 1. The molecule has 1 amide bonds. The third kappa shape index (κ3) is 2.90. The van der Waals surface area contributed by atoms with Crippen molar-refractivity contribution in [3.8, 4) is 11.1 Å². The van der Waals surface area contributed by atoms with Crippen LogP contribution in [0.15, 0.2) is 42.7 Å². The van der Waals surface area contributed by atoms with Crippen molar-refractivity contribution in [1.82, 2.24) is 19.8 Å². The molecule has 1 fully saturated rings. The van der Waals surface area contributed by atoms with Crippen LogP contribution in [0.3, 0.4) is 0 Å². The fourth-order valence-corrected chi connectivity index (χ4v) is 3.30. The Kier molecular flexibility index (Phi) is 3.98. The number of carbonyl (C=O) groups is 1. The maximum atomic E-state index is 12.5. The van der Waals surface area contributed by atoms with Gasteiger partial charge in [-0.25, -0.2) is 4.98 Å². The number of hydrogen-bond donors (Lipinski definition) is 1. The number of carbonyl (C=O) groups excluding carboxylic acids is 1. The number of hydrogen-bond acceptors (Lipinski definition) is 3. The minimum Gasteiger partial charge on any atom is -0.346 e. The predicted molar refractivity (Wildman–Crippen MR) is 99.9 cm³/mol.